The van der Waals surface area contributed by atoms with Gasteiger partial charge in [-0.3, -0.25) is 4.99 Å². The lowest BCUT2D eigenvalue weighted by molar-refractivity contribution is 0.319. The maximum Gasteiger partial charge on any atom is 0.191 e. The first kappa shape index (κ1) is 17.1. The Morgan fingerprint density at radius 2 is 2.04 bits per heavy atom. The summed E-state index contributed by atoms with van der Waals surface area (Å²) < 4.78 is 10.9. The maximum atomic E-state index is 5.69. The van der Waals surface area contributed by atoms with E-state index < -0.39 is 0 Å². The third kappa shape index (κ3) is 5.49. The van der Waals surface area contributed by atoms with Crippen molar-refractivity contribution in [1.29, 1.82) is 0 Å². The van der Waals surface area contributed by atoms with Crippen molar-refractivity contribution in [2.24, 2.45) is 4.99 Å². The van der Waals surface area contributed by atoms with Gasteiger partial charge in [0, 0.05) is 18.0 Å². The van der Waals surface area contributed by atoms with Gasteiger partial charge in [-0.15, -0.1) is 11.3 Å². The number of benzene rings is 1. The molecule has 0 amide bonds. The molecule has 6 heteroatoms. The van der Waals surface area contributed by atoms with Gasteiger partial charge in [0.15, 0.2) is 5.96 Å². The molecule has 124 valence electrons. The predicted octanol–water partition coefficient (Wildman–Crippen LogP) is 2.81. The molecular formula is C17H23N3O2S. The van der Waals surface area contributed by atoms with Crippen LogP contribution in [0.1, 0.15) is 10.4 Å². The van der Waals surface area contributed by atoms with Crippen molar-refractivity contribution < 1.29 is 9.47 Å². The molecule has 2 aromatic rings. The van der Waals surface area contributed by atoms with Gasteiger partial charge in [-0.25, -0.2) is 0 Å². The Labute approximate surface area is 141 Å². The van der Waals surface area contributed by atoms with Crippen molar-refractivity contribution in [2.45, 2.75) is 13.5 Å². The molecule has 5 nitrogen and oxygen atoms in total. The Hall–Kier alpha value is -2.21. The van der Waals surface area contributed by atoms with Crippen LogP contribution in [0.4, 0.5) is 0 Å². The highest BCUT2D eigenvalue weighted by atomic mass is 32.1. The fourth-order valence-electron chi connectivity index (χ4n) is 2.00. The normalized spacial score (nSPS) is 11.2. The average Bonchev–Trinajstić information content (AvgIpc) is 2.99. The van der Waals surface area contributed by atoms with Gasteiger partial charge >= 0.3 is 0 Å². The molecule has 1 heterocycles. The molecule has 2 N–H and O–H groups in total. The standard InChI is InChI=1S/C17H23N3O2S/c1-13-7-10-23-16(13)12-20-17(18-2)19-8-9-22-15-6-4-5-14(11-15)21-3/h4-7,10-11H,8-9,12H2,1-3H3,(H2,18,19,20). The molecule has 0 aliphatic carbocycles. The summed E-state index contributed by atoms with van der Waals surface area (Å²) in [5.74, 6) is 2.36. The third-order valence-electron chi connectivity index (χ3n) is 3.31. The van der Waals surface area contributed by atoms with Crippen LogP contribution in [0.25, 0.3) is 0 Å². The van der Waals surface area contributed by atoms with Crippen LogP contribution in [-0.4, -0.2) is 33.3 Å². The zero-order valence-electron chi connectivity index (χ0n) is 13.8. The van der Waals surface area contributed by atoms with E-state index in [4.69, 9.17) is 9.47 Å². The number of hydrogen-bond donors (Lipinski definition) is 2. The molecule has 23 heavy (non-hydrogen) atoms. The predicted molar refractivity (Wildman–Crippen MR) is 95.7 cm³/mol. The fourth-order valence-corrected chi connectivity index (χ4v) is 2.84. The Kier molecular flexibility index (Phi) is 6.75. The van der Waals surface area contributed by atoms with Gasteiger partial charge in [0.2, 0.25) is 0 Å². The Morgan fingerprint density at radius 3 is 2.74 bits per heavy atom. The summed E-state index contributed by atoms with van der Waals surface area (Å²) in [6.45, 7) is 4.11. The van der Waals surface area contributed by atoms with E-state index in [1.165, 1.54) is 10.4 Å². The van der Waals surface area contributed by atoms with Crippen LogP contribution in [0, 0.1) is 6.92 Å². The minimum absolute atomic E-state index is 0.548. The second-order valence-electron chi connectivity index (χ2n) is 4.91. The second-order valence-corrected chi connectivity index (χ2v) is 5.91. The van der Waals surface area contributed by atoms with E-state index in [0.717, 1.165) is 24.0 Å². The molecular weight excluding hydrogens is 310 g/mol. The number of nitrogens with one attached hydrogen (secondary N) is 2. The van der Waals surface area contributed by atoms with Crippen LogP contribution in [-0.2, 0) is 6.54 Å². The number of aryl methyl sites for hydroxylation is 1. The molecule has 1 aromatic heterocycles. The molecule has 2 rings (SSSR count). The van der Waals surface area contributed by atoms with Crippen LogP contribution in [0.5, 0.6) is 11.5 Å². The van der Waals surface area contributed by atoms with Crippen LogP contribution in [0.3, 0.4) is 0 Å². The van der Waals surface area contributed by atoms with Crippen molar-refractivity contribution in [2.75, 3.05) is 27.3 Å². The smallest absolute Gasteiger partial charge is 0.191 e. The number of thiophene rings is 1. The first-order valence-electron chi connectivity index (χ1n) is 7.47. The lowest BCUT2D eigenvalue weighted by atomic mass is 10.3. The number of aliphatic imine (C=N–C) groups is 1. The molecule has 0 unspecified atom stereocenters. The van der Waals surface area contributed by atoms with Crippen molar-refractivity contribution in [3.8, 4) is 11.5 Å². The molecule has 0 atom stereocenters. The van der Waals surface area contributed by atoms with E-state index in [9.17, 15) is 0 Å². The number of nitrogens with zero attached hydrogens (tertiary/aromatic N) is 1. The SMILES string of the molecule is CN=C(NCCOc1cccc(OC)c1)NCc1sccc1C. The van der Waals surface area contributed by atoms with Crippen molar-refractivity contribution in [3.63, 3.8) is 0 Å². The van der Waals surface area contributed by atoms with Gasteiger partial charge in [-0.2, -0.15) is 0 Å². The average molecular weight is 333 g/mol. The van der Waals surface area contributed by atoms with Gasteiger partial charge in [-0.05, 0) is 36.1 Å². The zero-order valence-corrected chi connectivity index (χ0v) is 14.6. The summed E-state index contributed by atoms with van der Waals surface area (Å²) in [6, 6.07) is 9.70. The summed E-state index contributed by atoms with van der Waals surface area (Å²) in [6.07, 6.45) is 0. The first-order chi connectivity index (χ1) is 11.2. The van der Waals surface area contributed by atoms with Gasteiger partial charge in [0.05, 0.1) is 20.2 Å². The Bertz CT molecular complexity index is 640. The number of guanidine groups is 1. The first-order valence-corrected chi connectivity index (χ1v) is 8.35. The number of hydrogen-bond acceptors (Lipinski definition) is 4. The third-order valence-corrected chi connectivity index (χ3v) is 4.34. The number of rotatable bonds is 7. The number of ether oxygens (including phenoxy) is 2. The summed E-state index contributed by atoms with van der Waals surface area (Å²) in [7, 11) is 3.41. The maximum absolute atomic E-state index is 5.69. The molecule has 0 bridgehead atoms. The lowest BCUT2D eigenvalue weighted by Gasteiger charge is -2.12. The van der Waals surface area contributed by atoms with Gasteiger partial charge in [0.1, 0.15) is 18.1 Å². The summed E-state index contributed by atoms with van der Waals surface area (Å²) >= 11 is 1.75. The summed E-state index contributed by atoms with van der Waals surface area (Å²) in [4.78, 5) is 5.53. The minimum Gasteiger partial charge on any atom is -0.497 e. The highest BCUT2D eigenvalue weighted by Crippen LogP contribution is 2.18. The van der Waals surface area contributed by atoms with Gasteiger partial charge in [-0.1, -0.05) is 6.07 Å². The molecule has 0 spiro atoms. The molecule has 0 aliphatic heterocycles. The Morgan fingerprint density at radius 1 is 1.22 bits per heavy atom. The molecule has 0 saturated heterocycles. The quantitative estimate of drug-likeness (QED) is 0.465. The molecule has 1 aromatic carbocycles. The largest absolute Gasteiger partial charge is 0.497 e. The topological polar surface area (TPSA) is 54.9 Å². The van der Waals surface area contributed by atoms with E-state index in [2.05, 4.69) is 34.0 Å². The zero-order chi connectivity index (χ0) is 16.5. The lowest BCUT2D eigenvalue weighted by Crippen LogP contribution is -2.38. The number of methoxy groups -OCH3 is 1. The molecule has 0 fully saturated rings. The highest BCUT2D eigenvalue weighted by molar-refractivity contribution is 7.10. The van der Waals surface area contributed by atoms with Crippen LogP contribution in [0.15, 0.2) is 40.7 Å². The minimum atomic E-state index is 0.548. The van der Waals surface area contributed by atoms with Crippen LogP contribution >= 0.6 is 11.3 Å². The van der Waals surface area contributed by atoms with E-state index in [-0.39, 0.29) is 0 Å². The summed E-state index contributed by atoms with van der Waals surface area (Å²) in [5.41, 5.74) is 1.30. The highest BCUT2D eigenvalue weighted by Gasteiger charge is 2.02. The van der Waals surface area contributed by atoms with Crippen molar-refractivity contribution >= 4 is 17.3 Å². The molecule has 0 radical (unpaired) electrons. The molecule has 0 saturated carbocycles. The van der Waals surface area contributed by atoms with Crippen molar-refractivity contribution in [3.05, 3.63) is 46.2 Å². The fraction of sp³-hybridized carbons (Fsp3) is 0.353. The van der Waals surface area contributed by atoms with Gasteiger partial charge in [0.25, 0.3) is 0 Å². The molecule has 0 aliphatic rings. The monoisotopic (exact) mass is 333 g/mol. The summed E-state index contributed by atoms with van der Waals surface area (Å²) in [5, 5.41) is 8.64. The van der Waals surface area contributed by atoms with E-state index >= 15 is 0 Å². The van der Waals surface area contributed by atoms with Crippen molar-refractivity contribution in [1.82, 2.24) is 10.6 Å². The van der Waals surface area contributed by atoms with E-state index in [1.807, 2.05) is 24.3 Å². The Balaban J connectivity index is 1.70. The van der Waals surface area contributed by atoms with Crippen LogP contribution < -0.4 is 20.1 Å². The van der Waals surface area contributed by atoms with E-state index in [1.54, 1.807) is 25.5 Å². The van der Waals surface area contributed by atoms with Crippen LogP contribution in [0.2, 0.25) is 0 Å². The van der Waals surface area contributed by atoms with Gasteiger partial charge < -0.3 is 20.1 Å². The van der Waals surface area contributed by atoms with E-state index in [0.29, 0.717) is 13.2 Å². The second kappa shape index (κ2) is 9.05.